The number of halogens is 1. The fraction of sp³-hybridized carbons (Fsp3) is 0.429. The van der Waals surface area contributed by atoms with E-state index >= 15 is 0 Å². The predicted molar refractivity (Wildman–Crippen MR) is 106 cm³/mol. The minimum atomic E-state index is -0.431. The molecule has 1 N–H and O–H groups in total. The number of methoxy groups -OCH3 is 1. The van der Waals surface area contributed by atoms with Crippen LogP contribution in [-0.4, -0.2) is 31.6 Å². The van der Waals surface area contributed by atoms with Crippen LogP contribution in [0.5, 0.6) is 0 Å². The van der Waals surface area contributed by atoms with Gasteiger partial charge in [-0.2, -0.15) is 0 Å². The largest absolute Gasteiger partial charge is 0.465 e. The Morgan fingerprint density at radius 3 is 2.64 bits per heavy atom. The Balaban J connectivity index is 1.52. The average molecular weight is 402 g/mol. The normalized spacial score (nSPS) is 20.9. The summed E-state index contributed by atoms with van der Waals surface area (Å²) in [6, 6.07) is 7.96. The van der Waals surface area contributed by atoms with Gasteiger partial charge in [0.1, 0.15) is 10.8 Å². The summed E-state index contributed by atoms with van der Waals surface area (Å²) >= 11 is 1.37. The molecule has 7 heteroatoms. The second kappa shape index (κ2) is 8.01. The number of hydrogen-bond acceptors (Lipinski definition) is 5. The number of anilines is 1. The van der Waals surface area contributed by atoms with Crippen molar-refractivity contribution in [2.45, 2.75) is 37.8 Å². The van der Waals surface area contributed by atoms with Crippen LogP contribution < -0.4 is 10.2 Å². The first-order valence-electron chi connectivity index (χ1n) is 9.57. The van der Waals surface area contributed by atoms with Gasteiger partial charge >= 0.3 is 5.97 Å². The number of benzene rings is 1. The highest BCUT2D eigenvalue weighted by atomic mass is 32.1. The molecule has 28 heavy (non-hydrogen) atoms. The van der Waals surface area contributed by atoms with Crippen LogP contribution in [0.3, 0.4) is 0 Å². The second-order valence-corrected chi connectivity index (χ2v) is 8.24. The average Bonchev–Trinajstić information content (AvgIpc) is 3.27. The van der Waals surface area contributed by atoms with Crippen LogP contribution in [0.15, 0.2) is 35.7 Å². The molecule has 1 aliphatic heterocycles. The lowest BCUT2D eigenvalue weighted by molar-refractivity contribution is -0.119. The summed E-state index contributed by atoms with van der Waals surface area (Å²) in [5, 5.41) is 5.97. The number of thiophene rings is 1. The van der Waals surface area contributed by atoms with E-state index in [4.69, 9.17) is 4.74 Å². The summed E-state index contributed by atoms with van der Waals surface area (Å²) < 4.78 is 18.2. The van der Waals surface area contributed by atoms with Gasteiger partial charge in [-0.1, -0.05) is 18.6 Å². The zero-order chi connectivity index (χ0) is 19.7. The summed E-state index contributed by atoms with van der Waals surface area (Å²) in [6.45, 7) is 0.557. The van der Waals surface area contributed by atoms with Gasteiger partial charge in [-0.25, -0.2) is 9.18 Å². The molecule has 2 aliphatic rings. The molecule has 0 bridgehead atoms. The number of carbonyl (C=O) groups excluding carboxylic acids is 2. The molecule has 2 fully saturated rings. The molecular weight excluding hydrogens is 379 g/mol. The topological polar surface area (TPSA) is 58.6 Å². The Hall–Kier alpha value is -2.25. The fourth-order valence-electron chi connectivity index (χ4n) is 3.98. The molecule has 1 aromatic heterocycles. The van der Waals surface area contributed by atoms with E-state index in [1.807, 2.05) is 0 Å². The first-order chi connectivity index (χ1) is 13.6. The first kappa shape index (κ1) is 19.1. The lowest BCUT2D eigenvalue weighted by Crippen LogP contribution is -2.43. The van der Waals surface area contributed by atoms with Crippen molar-refractivity contribution in [3.8, 4) is 0 Å². The second-order valence-electron chi connectivity index (χ2n) is 7.35. The number of esters is 1. The molecule has 2 heterocycles. The van der Waals surface area contributed by atoms with Crippen LogP contribution in [0, 0.1) is 11.7 Å². The van der Waals surface area contributed by atoms with Crippen molar-refractivity contribution in [1.82, 2.24) is 5.32 Å². The number of nitrogens with one attached hydrogen (secondary N) is 1. The van der Waals surface area contributed by atoms with Crippen molar-refractivity contribution in [3.05, 3.63) is 52.7 Å². The number of amides is 1. The summed E-state index contributed by atoms with van der Waals surface area (Å²) in [5.41, 5.74) is 1.44. The molecule has 2 aromatic rings. The van der Waals surface area contributed by atoms with E-state index < -0.39 is 5.97 Å². The quantitative estimate of drug-likeness (QED) is 0.745. The van der Waals surface area contributed by atoms with Gasteiger partial charge in [0, 0.05) is 12.6 Å². The number of hydrogen-bond donors (Lipinski definition) is 1. The van der Waals surface area contributed by atoms with Crippen LogP contribution in [0.1, 0.15) is 47.6 Å². The Morgan fingerprint density at radius 1 is 1.25 bits per heavy atom. The van der Waals surface area contributed by atoms with E-state index in [1.165, 1.54) is 37.0 Å². The third-order valence-electron chi connectivity index (χ3n) is 5.73. The number of ether oxygens (including phenoxy) is 1. The lowest BCUT2D eigenvalue weighted by atomic mass is 9.77. The molecule has 1 amide bonds. The smallest absolute Gasteiger partial charge is 0.340 e. The maximum atomic E-state index is 13.3. The first-order valence-corrected chi connectivity index (χ1v) is 10.4. The zero-order valence-corrected chi connectivity index (χ0v) is 16.5. The van der Waals surface area contributed by atoms with Crippen molar-refractivity contribution in [3.63, 3.8) is 0 Å². The zero-order valence-electron chi connectivity index (χ0n) is 15.7. The van der Waals surface area contributed by atoms with Crippen LogP contribution in [0.4, 0.5) is 9.39 Å². The Bertz CT molecular complexity index is 863. The van der Waals surface area contributed by atoms with E-state index in [0.29, 0.717) is 29.4 Å². The van der Waals surface area contributed by atoms with Crippen molar-refractivity contribution in [2.24, 2.45) is 5.92 Å². The molecule has 148 valence electrons. The molecule has 0 radical (unpaired) electrons. The maximum Gasteiger partial charge on any atom is 0.340 e. The van der Waals surface area contributed by atoms with Crippen molar-refractivity contribution < 1.29 is 18.7 Å². The van der Waals surface area contributed by atoms with Crippen LogP contribution in [0.25, 0.3) is 0 Å². The molecule has 0 unspecified atom stereocenters. The molecule has 1 aromatic carbocycles. The van der Waals surface area contributed by atoms with Gasteiger partial charge in [0.25, 0.3) is 0 Å². The van der Waals surface area contributed by atoms with E-state index in [2.05, 4.69) is 5.32 Å². The monoisotopic (exact) mass is 402 g/mol. The minimum absolute atomic E-state index is 0.0287. The van der Waals surface area contributed by atoms with Gasteiger partial charge < -0.3 is 9.64 Å². The molecule has 5 nitrogen and oxygen atoms in total. The van der Waals surface area contributed by atoms with Gasteiger partial charge in [-0.05, 0) is 54.3 Å². The molecular formula is C21H23FN2O3S. The highest BCUT2D eigenvalue weighted by molar-refractivity contribution is 7.14. The Kier molecular flexibility index (Phi) is 5.46. The third-order valence-corrected chi connectivity index (χ3v) is 6.67. The van der Waals surface area contributed by atoms with Crippen LogP contribution in [0.2, 0.25) is 0 Å². The fourth-order valence-corrected chi connectivity index (χ4v) is 4.90. The van der Waals surface area contributed by atoms with Gasteiger partial charge in [0.15, 0.2) is 0 Å². The number of carbonyl (C=O) groups is 2. The minimum Gasteiger partial charge on any atom is -0.465 e. The van der Waals surface area contributed by atoms with Crippen molar-refractivity contribution in [1.29, 1.82) is 0 Å². The van der Waals surface area contributed by atoms with E-state index in [9.17, 15) is 14.0 Å². The van der Waals surface area contributed by atoms with Crippen LogP contribution in [-0.2, 0) is 9.53 Å². The predicted octanol–water partition coefficient (Wildman–Crippen LogP) is 3.91. The maximum absolute atomic E-state index is 13.3. The van der Waals surface area contributed by atoms with E-state index in [1.54, 1.807) is 28.5 Å². The van der Waals surface area contributed by atoms with Crippen molar-refractivity contribution >= 4 is 28.2 Å². The van der Waals surface area contributed by atoms with E-state index in [-0.39, 0.29) is 23.8 Å². The molecule has 0 spiro atoms. The Labute approximate surface area is 167 Å². The summed E-state index contributed by atoms with van der Waals surface area (Å²) in [6.07, 6.45) is 4.07. The molecule has 4 rings (SSSR count). The molecule has 1 aliphatic carbocycles. The standard InChI is InChI=1S/C21H23FN2O3S/c1-27-21(26)16-10-12-28-20(16)24-11-9-17(19(24)25)23-18(13-3-2-4-13)14-5-7-15(22)8-6-14/h5-8,10,12-13,17-18,23H,2-4,9,11H2,1H3/t17-,18-/m1/s1. The lowest BCUT2D eigenvalue weighted by Gasteiger charge is -2.36. The SMILES string of the molecule is COC(=O)c1ccsc1N1CC[C@@H](N[C@@H](c2ccc(F)cc2)C2CCC2)C1=O. The molecule has 1 saturated heterocycles. The Morgan fingerprint density at radius 2 is 2.00 bits per heavy atom. The van der Waals surface area contributed by atoms with Gasteiger partial charge in [-0.3, -0.25) is 10.1 Å². The third kappa shape index (κ3) is 3.56. The number of nitrogens with zero attached hydrogens (tertiary/aromatic N) is 1. The summed E-state index contributed by atoms with van der Waals surface area (Å²) in [5.74, 6) is -0.259. The van der Waals surface area contributed by atoms with E-state index in [0.717, 1.165) is 18.4 Å². The molecule has 2 atom stereocenters. The summed E-state index contributed by atoms with van der Waals surface area (Å²) in [7, 11) is 1.34. The van der Waals surface area contributed by atoms with Gasteiger partial charge in [0.2, 0.25) is 5.91 Å². The van der Waals surface area contributed by atoms with Crippen LogP contribution >= 0.6 is 11.3 Å². The van der Waals surface area contributed by atoms with Gasteiger partial charge in [0.05, 0.1) is 18.7 Å². The highest BCUT2D eigenvalue weighted by Crippen LogP contribution is 2.39. The highest BCUT2D eigenvalue weighted by Gasteiger charge is 2.38. The summed E-state index contributed by atoms with van der Waals surface area (Å²) in [4.78, 5) is 26.7. The van der Waals surface area contributed by atoms with Crippen molar-refractivity contribution in [2.75, 3.05) is 18.6 Å². The molecule has 1 saturated carbocycles. The number of rotatable bonds is 6. The van der Waals surface area contributed by atoms with Gasteiger partial charge in [-0.15, -0.1) is 11.3 Å².